The smallest absolute Gasteiger partial charge is 0.165 e. The molecule has 1 saturated heterocycles. The minimum absolute atomic E-state index is 0.0819. The summed E-state index contributed by atoms with van der Waals surface area (Å²) in [5, 5.41) is 45.9. The predicted octanol–water partition coefficient (Wildman–Crippen LogP) is 3.04. The van der Waals surface area contributed by atoms with Crippen molar-refractivity contribution in [2.45, 2.75) is 93.3 Å². The van der Waals surface area contributed by atoms with Crippen molar-refractivity contribution < 1.29 is 25.2 Å². The minimum atomic E-state index is -0.884. The molecule has 2 aliphatic heterocycles. The lowest BCUT2D eigenvalue weighted by atomic mass is 9.48. The van der Waals surface area contributed by atoms with Gasteiger partial charge in [0, 0.05) is 24.2 Å². The highest BCUT2D eigenvalue weighted by atomic mass is 16.5. The van der Waals surface area contributed by atoms with Crippen LogP contribution in [0.1, 0.15) is 68.2 Å². The molecule has 0 amide bonds. The maximum absolute atomic E-state index is 12.1. The number of phenolic OH excluding ortho intramolecular Hbond substituents is 1. The van der Waals surface area contributed by atoms with Crippen molar-refractivity contribution in [3.05, 3.63) is 59.2 Å². The molecule has 7 rings (SSSR count). The molecular formula is C31H42N2O5. The summed E-state index contributed by atoms with van der Waals surface area (Å²) in [6, 6.07) is 13.6. The van der Waals surface area contributed by atoms with Crippen LogP contribution in [0.25, 0.3) is 0 Å². The van der Waals surface area contributed by atoms with Crippen LogP contribution in [0.5, 0.6) is 11.5 Å². The van der Waals surface area contributed by atoms with Crippen molar-refractivity contribution in [3.63, 3.8) is 0 Å². The number of nitrogens with one attached hydrogen (secondary N) is 1. The molecule has 0 aromatic heterocycles. The van der Waals surface area contributed by atoms with Gasteiger partial charge in [0.05, 0.1) is 23.2 Å². The van der Waals surface area contributed by atoms with Crippen LogP contribution in [-0.2, 0) is 11.8 Å². The first-order chi connectivity index (χ1) is 18.3. The molecule has 5 N–H and O–H groups in total. The fourth-order valence-electron chi connectivity index (χ4n) is 7.93. The van der Waals surface area contributed by atoms with Crippen LogP contribution in [0.4, 0.5) is 0 Å². The summed E-state index contributed by atoms with van der Waals surface area (Å²) in [7, 11) is 1.84. The highest BCUT2D eigenvalue weighted by Gasteiger charge is 2.72. The lowest BCUT2D eigenvalue weighted by molar-refractivity contribution is -0.209. The van der Waals surface area contributed by atoms with E-state index < -0.39 is 29.3 Å². The molecule has 2 bridgehead atoms. The zero-order valence-electron chi connectivity index (χ0n) is 22.5. The van der Waals surface area contributed by atoms with E-state index in [-0.39, 0.29) is 17.8 Å². The van der Waals surface area contributed by atoms with E-state index in [1.165, 1.54) is 24.8 Å². The van der Waals surface area contributed by atoms with E-state index in [0.29, 0.717) is 18.6 Å². The molecule has 3 aliphatic carbocycles. The molecule has 7 heteroatoms. The second-order valence-electron chi connectivity index (χ2n) is 12.2. The third kappa shape index (κ3) is 3.81. The normalized spacial score (nSPS) is 34.7. The number of likely N-dealkylation sites (tertiary alicyclic amines) is 1. The molecule has 7 atom stereocenters. The molecule has 7 nitrogen and oxygen atoms in total. The molecule has 38 heavy (non-hydrogen) atoms. The molecule has 5 aliphatic rings. The number of aliphatic hydroxyl groups is 3. The Morgan fingerprint density at radius 1 is 1.11 bits per heavy atom. The van der Waals surface area contributed by atoms with Gasteiger partial charge in [-0.05, 0) is 82.2 Å². The maximum atomic E-state index is 12.1. The number of nitrogens with zero attached hydrogens (tertiary/aromatic N) is 1. The van der Waals surface area contributed by atoms with Crippen molar-refractivity contribution in [3.8, 4) is 11.5 Å². The third-order valence-corrected chi connectivity index (χ3v) is 10.3. The standard InChI is InChI=1S/C21H27NO4.C10H15NO/c23-14-5-4-13-10-16-21(25)7-6-15(24)19-20(21,17(13)18(14)26-19)8-9-22(16)11-12-2-1-3-12;1-8(11-2)10(12)9-6-4-3-5-7-9/h4-5,12,15-16,19,23-25H,1-3,6-11H2;3-8,10-12H,1-2H3/t15-,16+,19-,20-,21+;8-,10-/m00/s1. The van der Waals surface area contributed by atoms with Crippen LogP contribution in [0.2, 0.25) is 0 Å². The molecule has 206 valence electrons. The molecular weight excluding hydrogens is 480 g/mol. The fraction of sp³-hybridized carbons (Fsp3) is 0.613. The molecule has 0 radical (unpaired) electrons. The summed E-state index contributed by atoms with van der Waals surface area (Å²) >= 11 is 0. The Morgan fingerprint density at radius 3 is 2.55 bits per heavy atom. The average Bonchev–Trinajstić information content (AvgIpc) is 3.27. The largest absolute Gasteiger partial charge is 0.504 e. The van der Waals surface area contributed by atoms with Crippen LogP contribution in [0, 0.1) is 5.92 Å². The molecule has 2 aromatic carbocycles. The number of rotatable bonds is 5. The van der Waals surface area contributed by atoms with Crippen LogP contribution in [-0.4, -0.2) is 75.4 Å². The number of ether oxygens (including phenoxy) is 1. The average molecular weight is 523 g/mol. The Morgan fingerprint density at radius 2 is 1.87 bits per heavy atom. The summed E-state index contributed by atoms with van der Waals surface area (Å²) in [4.78, 5) is 2.53. The van der Waals surface area contributed by atoms with E-state index in [1.54, 1.807) is 6.07 Å². The SMILES string of the molecule is CN[C@@H](C)[C@H](O)c1ccccc1.Oc1ccc2c3c1O[C@H]1[C@@H](O)CC[C@@]4(O)[C@@H](C2)N(CC2CCC2)CC[C@]314. The number of phenols is 1. The van der Waals surface area contributed by atoms with Gasteiger partial charge in [-0.1, -0.05) is 42.8 Å². The monoisotopic (exact) mass is 522 g/mol. The first-order valence-electron chi connectivity index (χ1n) is 14.4. The Kier molecular flexibility index (Phi) is 6.72. The molecule has 2 aromatic rings. The summed E-state index contributed by atoms with van der Waals surface area (Å²) in [6.45, 7) is 3.97. The molecule has 0 unspecified atom stereocenters. The van der Waals surface area contributed by atoms with Gasteiger partial charge < -0.3 is 30.5 Å². The number of piperidine rings is 1. The summed E-state index contributed by atoms with van der Waals surface area (Å²) < 4.78 is 6.16. The van der Waals surface area contributed by atoms with Gasteiger partial charge in [-0.15, -0.1) is 0 Å². The van der Waals surface area contributed by atoms with Crippen molar-refractivity contribution >= 4 is 0 Å². The number of aromatic hydroxyl groups is 1. The molecule has 2 saturated carbocycles. The van der Waals surface area contributed by atoms with Crippen LogP contribution >= 0.6 is 0 Å². The van der Waals surface area contributed by atoms with Gasteiger partial charge in [0.25, 0.3) is 0 Å². The zero-order chi connectivity index (χ0) is 26.7. The molecule has 1 spiro atoms. The first kappa shape index (κ1) is 26.1. The van der Waals surface area contributed by atoms with Gasteiger partial charge in [0.1, 0.15) is 6.10 Å². The van der Waals surface area contributed by atoms with E-state index in [2.05, 4.69) is 10.2 Å². The molecule has 2 heterocycles. The van der Waals surface area contributed by atoms with Crippen LogP contribution in [0.15, 0.2) is 42.5 Å². The Labute approximate surface area is 225 Å². The summed E-state index contributed by atoms with van der Waals surface area (Å²) in [5.41, 5.74) is 1.67. The van der Waals surface area contributed by atoms with E-state index in [1.807, 2.05) is 50.4 Å². The third-order valence-electron chi connectivity index (χ3n) is 10.3. The van der Waals surface area contributed by atoms with Gasteiger partial charge >= 0.3 is 0 Å². The second kappa shape index (κ2) is 9.79. The van der Waals surface area contributed by atoms with Crippen molar-refractivity contribution in [2.75, 3.05) is 20.1 Å². The van der Waals surface area contributed by atoms with Gasteiger partial charge in [0.15, 0.2) is 11.5 Å². The van der Waals surface area contributed by atoms with Crippen molar-refractivity contribution in [2.24, 2.45) is 5.92 Å². The summed E-state index contributed by atoms with van der Waals surface area (Å²) in [5.74, 6) is 1.42. The van der Waals surface area contributed by atoms with Gasteiger partial charge in [-0.3, -0.25) is 4.90 Å². The van der Waals surface area contributed by atoms with E-state index >= 15 is 0 Å². The number of likely N-dealkylation sites (N-methyl/N-ethyl adjacent to an activating group) is 1. The van der Waals surface area contributed by atoms with Gasteiger partial charge in [-0.2, -0.15) is 0 Å². The predicted molar refractivity (Wildman–Crippen MR) is 145 cm³/mol. The lowest BCUT2D eigenvalue weighted by Gasteiger charge is -2.64. The number of hydrogen-bond acceptors (Lipinski definition) is 7. The highest BCUT2D eigenvalue weighted by Crippen LogP contribution is 2.65. The number of aliphatic hydroxyl groups excluding tert-OH is 2. The van der Waals surface area contributed by atoms with Crippen molar-refractivity contribution in [1.82, 2.24) is 10.2 Å². The van der Waals surface area contributed by atoms with Crippen molar-refractivity contribution in [1.29, 1.82) is 0 Å². The maximum Gasteiger partial charge on any atom is 0.165 e. The van der Waals surface area contributed by atoms with Gasteiger partial charge in [-0.25, -0.2) is 0 Å². The van der Waals surface area contributed by atoms with Gasteiger partial charge in [0.2, 0.25) is 0 Å². The second-order valence-corrected chi connectivity index (χ2v) is 12.2. The quantitative estimate of drug-likeness (QED) is 0.411. The van der Waals surface area contributed by atoms with E-state index in [9.17, 15) is 20.4 Å². The Bertz CT molecular complexity index is 1160. The lowest BCUT2D eigenvalue weighted by Crippen LogP contribution is -2.77. The van der Waals surface area contributed by atoms with Crippen LogP contribution in [0.3, 0.4) is 0 Å². The summed E-state index contributed by atoms with van der Waals surface area (Å²) in [6.07, 6.45) is 5.26. The molecule has 3 fully saturated rings. The van der Waals surface area contributed by atoms with E-state index in [4.69, 9.17) is 4.74 Å². The fourth-order valence-corrected chi connectivity index (χ4v) is 7.93. The Hall–Kier alpha value is -2.16. The minimum Gasteiger partial charge on any atom is -0.504 e. The van der Waals surface area contributed by atoms with E-state index in [0.717, 1.165) is 43.0 Å². The number of benzene rings is 2. The first-order valence-corrected chi connectivity index (χ1v) is 14.4. The topological polar surface area (TPSA) is 105 Å². The van der Waals surface area contributed by atoms with Crippen LogP contribution < -0.4 is 10.1 Å². The zero-order valence-corrected chi connectivity index (χ0v) is 22.5. The Balaban J connectivity index is 0.000000187. The highest BCUT2D eigenvalue weighted by molar-refractivity contribution is 5.62. The number of hydrogen-bond donors (Lipinski definition) is 5.